The fourth-order valence-electron chi connectivity index (χ4n) is 0.765. The number of nitrogens with one attached hydrogen (secondary N) is 1. The average molecular weight is 197 g/mol. The Labute approximate surface area is 77.1 Å². The maximum absolute atomic E-state index is 11.8. The Morgan fingerprint density at radius 2 is 2.08 bits per heavy atom. The van der Waals surface area contributed by atoms with Crippen molar-refractivity contribution >= 4 is 0 Å². The predicted octanol–water partition coefficient (Wildman–Crippen LogP) is 0.627. The van der Waals surface area contributed by atoms with Gasteiger partial charge in [-0.2, -0.15) is 0 Å². The quantitative estimate of drug-likeness (QED) is 0.629. The van der Waals surface area contributed by atoms with Crippen molar-refractivity contribution in [2.24, 2.45) is 0 Å². The van der Waals surface area contributed by atoms with Gasteiger partial charge >= 0.3 is 0 Å². The second-order valence-corrected chi connectivity index (χ2v) is 2.87. The molecule has 13 heavy (non-hydrogen) atoms. The Morgan fingerprint density at radius 1 is 1.46 bits per heavy atom. The van der Waals surface area contributed by atoms with Gasteiger partial charge in [-0.1, -0.05) is 0 Å². The number of alkyl halides is 2. The van der Waals surface area contributed by atoms with E-state index in [0.29, 0.717) is 13.2 Å². The molecule has 80 valence electrons. The van der Waals surface area contributed by atoms with Crippen LogP contribution in [0.4, 0.5) is 8.78 Å². The lowest BCUT2D eigenvalue weighted by molar-refractivity contribution is -0.00607. The van der Waals surface area contributed by atoms with Crippen LogP contribution in [-0.4, -0.2) is 43.4 Å². The van der Waals surface area contributed by atoms with Crippen LogP contribution in [0, 0.1) is 0 Å². The zero-order valence-electron chi connectivity index (χ0n) is 7.96. The van der Waals surface area contributed by atoms with Crippen LogP contribution in [0.3, 0.4) is 0 Å². The highest BCUT2D eigenvalue weighted by molar-refractivity contribution is 4.66. The Morgan fingerprint density at radius 3 is 2.54 bits per heavy atom. The zero-order chi connectivity index (χ0) is 10.3. The molecule has 0 aromatic heterocycles. The van der Waals surface area contributed by atoms with Gasteiger partial charge in [-0.05, 0) is 13.8 Å². The van der Waals surface area contributed by atoms with Gasteiger partial charge in [0.25, 0.3) is 6.43 Å². The van der Waals surface area contributed by atoms with Crippen LogP contribution in [0.1, 0.15) is 13.8 Å². The summed E-state index contributed by atoms with van der Waals surface area (Å²) in [5, 5.41) is 11.5. The molecule has 0 spiro atoms. The molecule has 0 saturated carbocycles. The monoisotopic (exact) mass is 197 g/mol. The van der Waals surface area contributed by atoms with E-state index < -0.39 is 12.5 Å². The number of ether oxygens (including phenoxy) is 1. The van der Waals surface area contributed by atoms with Crippen LogP contribution in [0.2, 0.25) is 0 Å². The van der Waals surface area contributed by atoms with Crippen molar-refractivity contribution in [3.05, 3.63) is 0 Å². The van der Waals surface area contributed by atoms with Gasteiger partial charge < -0.3 is 15.2 Å². The third kappa shape index (κ3) is 6.86. The van der Waals surface area contributed by atoms with Crippen molar-refractivity contribution in [1.82, 2.24) is 5.32 Å². The van der Waals surface area contributed by atoms with Gasteiger partial charge in [-0.3, -0.25) is 0 Å². The molecule has 0 aliphatic heterocycles. The third-order valence-corrected chi connectivity index (χ3v) is 1.54. The first-order valence-electron chi connectivity index (χ1n) is 4.35. The molecule has 2 atom stereocenters. The fourth-order valence-corrected chi connectivity index (χ4v) is 0.765. The van der Waals surface area contributed by atoms with Gasteiger partial charge in [-0.15, -0.1) is 0 Å². The normalized spacial score (nSPS) is 16.2. The summed E-state index contributed by atoms with van der Waals surface area (Å²) in [7, 11) is 0. The lowest BCUT2D eigenvalue weighted by Crippen LogP contribution is -2.39. The van der Waals surface area contributed by atoms with Crippen LogP contribution in [0.25, 0.3) is 0 Å². The third-order valence-electron chi connectivity index (χ3n) is 1.54. The van der Waals surface area contributed by atoms with Crippen LogP contribution in [-0.2, 0) is 4.74 Å². The molecule has 2 unspecified atom stereocenters. The van der Waals surface area contributed by atoms with Gasteiger partial charge in [0.2, 0.25) is 0 Å². The van der Waals surface area contributed by atoms with Crippen molar-refractivity contribution in [1.29, 1.82) is 0 Å². The Kier molecular flexibility index (Phi) is 7.03. The van der Waals surface area contributed by atoms with Crippen molar-refractivity contribution in [2.75, 3.05) is 19.8 Å². The Balaban J connectivity index is 3.40. The van der Waals surface area contributed by atoms with E-state index in [-0.39, 0.29) is 12.6 Å². The van der Waals surface area contributed by atoms with Crippen molar-refractivity contribution in [2.45, 2.75) is 32.4 Å². The number of aliphatic hydroxyl groups is 1. The summed E-state index contributed by atoms with van der Waals surface area (Å²) in [5.74, 6) is 0. The number of rotatable bonds is 7. The first-order valence-corrected chi connectivity index (χ1v) is 4.35. The lowest BCUT2D eigenvalue weighted by Gasteiger charge is -2.16. The summed E-state index contributed by atoms with van der Waals surface area (Å²) >= 11 is 0. The minimum absolute atomic E-state index is 0.0200. The van der Waals surface area contributed by atoms with Crippen molar-refractivity contribution in [3.63, 3.8) is 0 Å². The molecule has 0 aliphatic carbocycles. The number of hydrogen-bond acceptors (Lipinski definition) is 3. The molecule has 0 aliphatic rings. The first-order chi connectivity index (χ1) is 6.07. The van der Waals surface area contributed by atoms with Crippen molar-refractivity contribution in [3.8, 4) is 0 Å². The second-order valence-electron chi connectivity index (χ2n) is 2.87. The van der Waals surface area contributed by atoms with Gasteiger partial charge in [0, 0.05) is 19.2 Å². The Hall–Kier alpha value is -0.260. The molecule has 0 saturated heterocycles. The second kappa shape index (κ2) is 7.17. The number of halogens is 2. The molecule has 3 nitrogen and oxygen atoms in total. The van der Waals surface area contributed by atoms with E-state index in [4.69, 9.17) is 9.84 Å². The molecule has 0 aromatic carbocycles. The highest BCUT2D eigenvalue weighted by Gasteiger charge is 2.16. The fraction of sp³-hybridized carbons (Fsp3) is 1.00. The number of aliphatic hydroxyl groups excluding tert-OH is 1. The van der Waals surface area contributed by atoms with Gasteiger partial charge in [0.15, 0.2) is 0 Å². The molecular formula is C8H17F2NO2. The van der Waals surface area contributed by atoms with E-state index in [1.807, 2.05) is 13.8 Å². The van der Waals surface area contributed by atoms with Crippen molar-refractivity contribution < 1.29 is 18.6 Å². The van der Waals surface area contributed by atoms with Crippen LogP contribution in [0.5, 0.6) is 0 Å². The summed E-state index contributed by atoms with van der Waals surface area (Å²) in [4.78, 5) is 0. The molecule has 0 fully saturated rings. The SMILES string of the molecule is CCOCC(C)NCC(O)C(F)F. The molecule has 0 radical (unpaired) electrons. The standard InChI is InChI=1S/C8H17F2NO2/c1-3-13-5-6(2)11-4-7(12)8(9)10/h6-8,11-12H,3-5H2,1-2H3. The summed E-state index contributed by atoms with van der Waals surface area (Å²) in [6.07, 6.45) is -4.28. The van der Waals surface area contributed by atoms with E-state index in [1.54, 1.807) is 0 Å². The van der Waals surface area contributed by atoms with E-state index in [1.165, 1.54) is 0 Å². The van der Waals surface area contributed by atoms with Crippen LogP contribution in [0.15, 0.2) is 0 Å². The van der Waals surface area contributed by atoms with Gasteiger partial charge in [0.05, 0.1) is 6.61 Å². The largest absolute Gasteiger partial charge is 0.386 e. The maximum atomic E-state index is 11.8. The molecular weight excluding hydrogens is 180 g/mol. The average Bonchev–Trinajstić information content (AvgIpc) is 2.10. The van der Waals surface area contributed by atoms with E-state index >= 15 is 0 Å². The summed E-state index contributed by atoms with van der Waals surface area (Å²) in [5.41, 5.74) is 0. The van der Waals surface area contributed by atoms with E-state index in [2.05, 4.69) is 5.32 Å². The highest BCUT2D eigenvalue weighted by Crippen LogP contribution is 1.99. The number of hydrogen-bond donors (Lipinski definition) is 2. The molecule has 0 rings (SSSR count). The van der Waals surface area contributed by atoms with Gasteiger partial charge in [0.1, 0.15) is 6.10 Å². The van der Waals surface area contributed by atoms with Crippen LogP contribution >= 0.6 is 0 Å². The minimum Gasteiger partial charge on any atom is -0.386 e. The van der Waals surface area contributed by atoms with E-state index in [0.717, 1.165) is 0 Å². The zero-order valence-corrected chi connectivity index (χ0v) is 7.96. The molecule has 0 bridgehead atoms. The van der Waals surface area contributed by atoms with Crippen LogP contribution < -0.4 is 5.32 Å². The molecule has 0 amide bonds. The minimum atomic E-state index is -2.69. The van der Waals surface area contributed by atoms with Gasteiger partial charge in [-0.25, -0.2) is 8.78 Å². The summed E-state index contributed by atoms with van der Waals surface area (Å²) in [6.45, 7) is 4.64. The molecule has 0 aromatic rings. The molecule has 5 heteroatoms. The molecule has 2 N–H and O–H groups in total. The summed E-state index contributed by atoms with van der Waals surface area (Å²) < 4.78 is 28.7. The Bertz CT molecular complexity index is 125. The van der Waals surface area contributed by atoms with E-state index in [9.17, 15) is 8.78 Å². The topological polar surface area (TPSA) is 41.5 Å². The molecule has 0 heterocycles. The smallest absolute Gasteiger partial charge is 0.265 e. The highest BCUT2D eigenvalue weighted by atomic mass is 19.3. The first kappa shape index (κ1) is 12.7. The predicted molar refractivity (Wildman–Crippen MR) is 46.0 cm³/mol. The maximum Gasteiger partial charge on any atom is 0.265 e. The summed E-state index contributed by atoms with van der Waals surface area (Å²) in [6, 6.07) is -0.0200. The lowest BCUT2D eigenvalue weighted by atomic mass is 10.3.